The SMILES string of the molecule is Cn1c(C(=O)NCc2cccnc2)ccc1-c1cnc2[nH]cc(C(=O)NCC(C)(C)C)c2n1. The molecular weight excluding hydrogens is 418 g/mol. The van der Waals surface area contributed by atoms with E-state index >= 15 is 0 Å². The van der Waals surface area contributed by atoms with Crippen molar-refractivity contribution in [1.82, 2.24) is 35.1 Å². The van der Waals surface area contributed by atoms with Crippen LogP contribution in [0.4, 0.5) is 0 Å². The highest BCUT2D eigenvalue weighted by Crippen LogP contribution is 2.23. The lowest BCUT2D eigenvalue weighted by atomic mass is 9.97. The van der Waals surface area contributed by atoms with Gasteiger partial charge in [0.15, 0.2) is 5.65 Å². The van der Waals surface area contributed by atoms with Crippen LogP contribution in [0.1, 0.15) is 47.2 Å². The molecule has 4 aromatic rings. The number of nitrogens with one attached hydrogen (secondary N) is 3. The third-order valence-electron chi connectivity index (χ3n) is 5.20. The van der Waals surface area contributed by atoms with Gasteiger partial charge in [0, 0.05) is 38.7 Å². The van der Waals surface area contributed by atoms with Crippen molar-refractivity contribution in [3.63, 3.8) is 0 Å². The molecular formula is C24H27N7O2. The first kappa shape index (κ1) is 22.2. The Bertz CT molecular complexity index is 1300. The maximum atomic E-state index is 12.7. The van der Waals surface area contributed by atoms with Crippen LogP contribution >= 0.6 is 0 Å². The van der Waals surface area contributed by atoms with Crippen LogP contribution in [0.15, 0.2) is 49.1 Å². The maximum absolute atomic E-state index is 12.7. The quantitative estimate of drug-likeness (QED) is 0.422. The summed E-state index contributed by atoms with van der Waals surface area (Å²) >= 11 is 0. The van der Waals surface area contributed by atoms with Crippen molar-refractivity contribution in [3.8, 4) is 11.4 Å². The second kappa shape index (κ2) is 8.85. The number of aromatic amines is 1. The number of hydrogen-bond donors (Lipinski definition) is 3. The smallest absolute Gasteiger partial charge is 0.268 e. The molecule has 0 spiro atoms. The van der Waals surface area contributed by atoms with Gasteiger partial charge in [-0.05, 0) is 29.2 Å². The van der Waals surface area contributed by atoms with Gasteiger partial charge in [-0.15, -0.1) is 0 Å². The number of amides is 2. The van der Waals surface area contributed by atoms with Crippen LogP contribution in [-0.4, -0.2) is 42.9 Å². The highest BCUT2D eigenvalue weighted by Gasteiger charge is 2.19. The molecule has 0 aromatic carbocycles. The normalized spacial score (nSPS) is 11.5. The van der Waals surface area contributed by atoms with Crippen molar-refractivity contribution >= 4 is 23.0 Å². The predicted molar refractivity (Wildman–Crippen MR) is 125 cm³/mol. The molecule has 0 unspecified atom stereocenters. The summed E-state index contributed by atoms with van der Waals surface area (Å²) in [6.45, 7) is 7.09. The Morgan fingerprint density at radius 1 is 1.09 bits per heavy atom. The largest absolute Gasteiger partial charge is 0.351 e. The summed E-state index contributed by atoms with van der Waals surface area (Å²) in [5.41, 5.74) is 4.13. The van der Waals surface area contributed by atoms with Crippen molar-refractivity contribution in [3.05, 3.63) is 65.9 Å². The molecule has 170 valence electrons. The van der Waals surface area contributed by atoms with E-state index in [1.165, 1.54) is 0 Å². The Morgan fingerprint density at radius 2 is 1.91 bits per heavy atom. The van der Waals surface area contributed by atoms with Crippen LogP contribution in [-0.2, 0) is 13.6 Å². The van der Waals surface area contributed by atoms with Crippen LogP contribution in [0.5, 0.6) is 0 Å². The third-order valence-corrected chi connectivity index (χ3v) is 5.20. The van der Waals surface area contributed by atoms with E-state index in [1.54, 1.807) is 42.5 Å². The lowest BCUT2D eigenvalue weighted by molar-refractivity contribution is 0.0934. The summed E-state index contributed by atoms with van der Waals surface area (Å²) in [7, 11) is 1.80. The molecule has 3 N–H and O–H groups in total. The molecule has 4 aromatic heterocycles. The average molecular weight is 446 g/mol. The van der Waals surface area contributed by atoms with Gasteiger partial charge in [-0.25, -0.2) is 9.97 Å². The molecule has 0 fully saturated rings. The molecule has 0 aliphatic rings. The number of pyridine rings is 1. The Hall–Kier alpha value is -4.01. The van der Waals surface area contributed by atoms with E-state index in [0.29, 0.717) is 41.2 Å². The lowest BCUT2D eigenvalue weighted by Gasteiger charge is -2.18. The standard InChI is InChI=1S/C24H27N7O2/c1-24(2,3)14-29-22(32)16-12-26-21-20(16)30-17(13-27-21)18-7-8-19(31(18)4)23(33)28-11-15-6-5-9-25-10-15/h5-10,12-13H,11,14H2,1-4H3,(H,26,27)(H,28,33)(H,29,32). The molecule has 0 aliphatic heterocycles. The van der Waals surface area contributed by atoms with E-state index in [4.69, 9.17) is 0 Å². The van der Waals surface area contributed by atoms with E-state index in [9.17, 15) is 9.59 Å². The van der Waals surface area contributed by atoms with E-state index in [2.05, 4.69) is 51.3 Å². The van der Waals surface area contributed by atoms with Gasteiger partial charge >= 0.3 is 0 Å². The van der Waals surface area contributed by atoms with Crippen LogP contribution in [0, 0.1) is 5.41 Å². The fourth-order valence-corrected chi connectivity index (χ4v) is 3.40. The Labute approximate surface area is 191 Å². The number of carbonyl (C=O) groups is 2. The van der Waals surface area contributed by atoms with Crippen LogP contribution < -0.4 is 10.6 Å². The van der Waals surface area contributed by atoms with Gasteiger partial charge in [0.25, 0.3) is 11.8 Å². The van der Waals surface area contributed by atoms with E-state index in [1.807, 2.05) is 18.2 Å². The molecule has 4 heterocycles. The van der Waals surface area contributed by atoms with Gasteiger partial charge in [-0.3, -0.25) is 14.6 Å². The minimum Gasteiger partial charge on any atom is -0.351 e. The fraction of sp³-hybridized carbons (Fsp3) is 0.292. The van der Waals surface area contributed by atoms with Crippen molar-refractivity contribution in [2.45, 2.75) is 27.3 Å². The minimum absolute atomic E-state index is 0.0321. The Balaban J connectivity index is 1.56. The lowest BCUT2D eigenvalue weighted by Crippen LogP contribution is -2.32. The molecule has 0 atom stereocenters. The summed E-state index contributed by atoms with van der Waals surface area (Å²) in [5.74, 6) is -0.407. The first-order valence-corrected chi connectivity index (χ1v) is 10.7. The minimum atomic E-state index is -0.204. The third kappa shape index (κ3) is 4.92. The summed E-state index contributed by atoms with van der Waals surface area (Å²) in [6, 6.07) is 7.30. The molecule has 0 bridgehead atoms. The molecule has 0 saturated carbocycles. The van der Waals surface area contributed by atoms with Crippen molar-refractivity contribution in [1.29, 1.82) is 0 Å². The van der Waals surface area contributed by atoms with E-state index in [0.717, 1.165) is 11.3 Å². The zero-order chi connectivity index (χ0) is 23.6. The zero-order valence-electron chi connectivity index (χ0n) is 19.1. The average Bonchev–Trinajstić information content (AvgIpc) is 3.39. The molecule has 9 nitrogen and oxygen atoms in total. The van der Waals surface area contributed by atoms with Crippen molar-refractivity contribution in [2.75, 3.05) is 6.54 Å². The number of nitrogens with zero attached hydrogens (tertiary/aromatic N) is 4. The molecule has 4 rings (SSSR count). The van der Waals surface area contributed by atoms with Crippen molar-refractivity contribution < 1.29 is 9.59 Å². The van der Waals surface area contributed by atoms with Gasteiger partial charge in [-0.1, -0.05) is 26.8 Å². The number of aromatic nitrogens is 5. The predicted octanol–water partition coefficient (Wildman–Crippen LogP) is 3.06. The monoisotopic (exact) mass is 445 g/mol. The summed E-state index contributed by atoms with van der Waals surface area (Å²) in [5, 5.41) is 5.85. The number of H-pyrrole nitrogens is 1. The number of fused-ring (bicyclic) bond motifs is 1. The van der Waals surface area contributed by atoms with Crippen LogP contribution in [0.25, 0.3) is 22.6 Å². The second-order valence-electron chi connectivity index (χ2n) is 9.10. The molecule has 0 radical (unpaired) electrons. The Morgan fingerprint density at radius 3 is 2.64 bits per heavy atom. The van der Waals surface area contributed by atoms with Gasteiger partial charge in [0.1, 0.15) is 16.9 Å². The van der Waals surface area contributed by atoms with Gasteiger partial charge < -0.3 is 20.2 Å². The van der Waals surface area contributed by atoms with Gasteiger partial charge in [0.2, 0.25) is 0 Å². The molecule has 0 saturated heterocycles. The number of rotatable bonds is 6. The highest BCUT2D eigenvalue weighted by atomic mass is 16.2. The number of hydrogen-bond acceptors (Lipinski definition) is 5. The maximum Gasteiger partial charge on any atom is 0.268 e. The highest BCUT2D eigenvalue weighted by molar-refractivity contribution is 6.04. The van der Waals surface area contributed by atoms with Gasteiger partial charge in [0.05, 0.1) is 17.5 Å². The molecule has 9 heteroatoms. The summed E-state index contributed by atoms with van der Waals surface area (Å²) in [4.78, 5) is 41.6. The molecule has 2 amide bonds. The fourth-order valence-electron chi connectivity index (χ4n) is 3.40. The van der Waals surface area contributed by atoms with Crippen molar-refractivity contribution in [2.24, 2.45) is 12.5 Å². The zero-order valence-corrected chi connectivity index (χ0v) is 19.1. The second-order valence-corrected chi connectivity index (χ2v) is 9.10. The first-order chi connectivity index (χ1) is 15.7. The first-order valence-electron chi connectivity index (χ1n) is 10.7. The van der Waals surface area contributed by atoms with Crippen LogP contribution in [0.2, 0.25) is 0 Å². The topological polar surface area (TPSA) is 118 Å². The van der Waals surface area contributed by atoms with E-state index in [-0.39, 0.29) is 17.2 Å². The van der Waals surface area contributed by atoms with E-state index < -0.39 is 0 Å². The molecule has 33 heavy (non-hydrogen) atoms. The van der Waals surface area contributed by atoms with Gasteiger partial charge in [-0.2, -0.15) is 0 Å². The van der Waals surface area contributed by atoms with Crippen LogP contribution in [0.3, 0.4) is 0 Å². The number of carbonyl (C=O) groups excluding carboxylic acids is 2. The summed E-state index contributed by atoms with van der Waals surface area (Å²) < 4.78 is 1.76. The summed E-state index contributed by atoms with van der Waals surface area (Å²) in [6.07, 6.45) is 6.65. The Kier molecular flexibility index (Phi) is 5.95. The molecule has 0 aliphatic carbocycles.